The van der Waals surface area contributed by atoms with Gasteiger partial charge in [-0.2, -0.15) is 5.10 Å². The summed E-state index contributed by atoms with van der Waals surface area (Å²) in [6.07, 6.45) is 1.76. The molecule has 0 saturated carbocycles. The highest BCUT2D eigenvalue weighted by atomic mass is 32.1. The number of nitrogens with zero attached hydrogens (tertiary/aromatic N) is 4. The maximum Gasteiger partial charge on any atom is 0.274 e. The lowest BCUT2D eigenvalue weighted by molar-refractivity contribution is 0.0705. The molecule has 162 valence electrons. The van der Waals surface area contributed by atoms with E-state index >= 15 is 0 Å². The summed E-state index contributed by atoms with van der Waals surface area (Å²) in [5, 5.41) is 9.44. The van der Waals surface area contributed by atoms with Crippen LogP contribution in [0.2, 0.25) is 0 Å². The second kappa shape index (κ2) is 9.43. The molecule has 1 aliphatic rings. The van der Waals surface area contributed by atoms with Gasteiger partial charge in [-0.15, -0.1) is 11.3 Å². The predicted octanol–water partition coefficient (Wildman–Crippen LogP) is 3.76. The normalized spacial score (nSPS) is 14.6. The van der Waals surface area contributed by atoms with Crippen molar-refractivity contribution in [3.63, 3.8) is 0 Å². The number of thiazole rings is 1. The highest BCUT2D eigenvalue weighted by Crippen LogP contribution is 2.33. The van der Waals surface area contributed by atoms with Crippen LogP contribution in [0.4, 0.5) is 5.69 Å². The van der Waals surface area contributed by atoms with Gasteiger partial charge in [0.15, 0.2) is 0 Å². The first-order valence-electron chi connectivity index (χ1n) is 10.7. The summed E-state index contributed by atoms with van der Waals surface area (Å²) >= 11 is 1.70. The Bertz CT molecular complexity index is 1060. The number of nitrogens with one attached hydrogen (secondary N) is 1. The van der Waals surface area contributed by atoms with E-state index in [1.165, 1.54) is 17.8 Å². The van der Waals surface area contributed by atoms with Gasteiger partial charge < -0.3 is 9.80 Å². The Balaban J connectivity index is 1.38. The highest BCUT2D eigenvalue weighted by molar-refractivity contribution is 7.10. The largest absolute Gasteiger partial charge is 0.372 e. The Labute approximate surface area is 185 Å². The molecule has 8 heteroatoms. The molecule has 0 spiro atoms. The van der Waals surface area contributed by atoms with Crippen molar-refractivity contribution in [2.75, 3.05) is 31.1 Å². The first kappa shape index (κ1) is 21.2. The van der Waals surface area contributed by atoms with Crippen molar-refractivity contribution >= 4 is 22.9 Å². The van der Waals surface area contributed by atoms with E-state index in [0.29, 0.717) is 19.0 Å². The van der Waals surface area contributed by atoms with Crippen molar-refractivity contribution in [1.82, 2.24) is 20.1 Å². The van der Waals surface area contributed by atoms with Crippen molar-refractivity contribution in [1.29, 1.82) is 0 Å². The quantitative estimate of drug-likeness (QED) is 0.635. The van der Waals surface area contributed by atoms with Crippen molar-refractivity contribution in [2.45, 2.75) is 32.6 Å². The van der Waals surface area contributed by atoms with E-state index in [9.17, 15) is 9.59 Å². The number of aromatic amines is 1. The Hall–Kier alpha value is -3.00. The molecule has 1 N–H and O–H groups in total. The number of amides is 1. The predicted molar refractivity (Wildman–Crippen MR) is 124 cm³/mol. The maximum absolute atomic E-state index is 12.6. The van der Waals surface area contributed by atoms with Gasteiger partial charge in [0.05, 0.1) is 10.7 Å². The lowest BCUT2D eigenvalue weighted by atomic mass is 9.97. The van der Waals surface area contributed by atoms with Crippen LogP contribution in [0.3, 0.4) is 0 Å². The molecule has 2 aromatic heterocycles. The molecule has 0 unspecified atom stereocenters. The number of hydrogen-bond donors (Lipinski definition) is 1. The third kappa shape index (κ3) is 4.69. The molecule has 0 radical (unpaired) electrons. The second-order valence-corrected chi connectivity index (χ2v) is 8.55. The van der Waals surface area contributed by atoms with Gasteiger partial charge in [-0.25, -0.2) is 10.1 Å². The number of benzene rings is 1. The van der Waals surface area contributed by atoms with Gasteiger partial charge in [0.1, 0.15) is 5.69 Å². The van der Waals surface area contributed by atoms with Crippen molar-refractivity contribution in [3.05, 3.63) is 62.8 Å². The average molecular weight is 438 g/mol. The standard InChI is InChI=1S/C23H27N5O2S/c1-3-27(4-2)18-7-5-16(6-8-18)20-15-31-22(24-20)17-11-13-28(14-12-17)23(30)19-9-10-21(29)26-25-19/h5-10,15,17H,3-4,11-14H2,1-2H3,(H,26,29). The highest BCUT2D eigenvalue weighted by Gasteiger charge is 2.27. The third-order valence-electron chi connectivity index (χ3n) is 5.84. The molecular weight excluding hydrogens is 410 g/mol. The number of carbonyl (C=O) groups is 1. The Kier molecular flexibility index (Phi) is 6.46. The molecule has 1 saturated heterocycles. The molecule has 7 nitrogen and oxygen atoms in total. The van der Waals surface area contributed by atoms with E-state index in [1.807, 2.05) is 0 Å². The van der Waals surface area contributed by atoms with Crippen molar-refractivity contribution in [3.8, 4) is 11.3 Å². The lowest BCUT2D eigenvalue weighted by Crippen LogP contribution is -2.38. The van der Waals surface area contributed by atoms with Crippen LogP contribution >= 0.6 is 11.3 Å². The number of carbonyl (C=O) groups excluding carboxylic acids is 1. The number of hydrogen-bond acceptors (Lipinski definition) is 6. The number of piperidine rings is 1. The zero-order valence-corrected chi connectivity index (χ0v) is 18.7. The van der Waals surface area contributed by atoms with Crippen LogP contribution in [0.15, 0.2) is 46.6 Å². The molecule has 1 amide bonds. The lowest BCUT2D eigenvalue weighted by Gasteiger charge is -2.30. The number of anilines is 1. The monoisotopic (exact) mass is 437 g/mol. The van der Waals surface area contributed by atoms with Crippen LogP contribution < -0.4 is 10.5 Å². The van der Waals surface area contributed by atoms with Crippen LogP contribution in [-0.2, 0) is 0 Å². The molecular formula is C23H27N5O2S. The van der Waals surface area contributed by atoms with Gasteiger partial charge in [0, 0.05) is 54.8 Å². The average Bonchev–Trinajstić information content (AvgIpc) is 3.31. The summed E-state index contributed by atoms with van der Waals surface area (Å²) in [7, 11) is 0. The fourth-order valence-corrected chi connectivity index (χ4v) is 4.99. The van der Waals surface area contributed by atoms with Crippen LogP contribution in [0, 0.1) is 0 Å². The van der Waals surface area contributed by atoms with Gasteiger partial charge in [0.2, 0.25) is 0 Å². The summed E-state index contributed by atoms with van der Waals surface area (Å²) < 4.78 is 0. The van der Waals surface area contributed by atoms with Crippen LogP contribution in [0.1, 0.15) is 48.1 Å². The number of H-pyrrole nitrogens is 1. The zero-order valence-electron chi connectivity index (χ0n) is 17.9. The molecule has 1 aromatic carbocycles. The van der Waals surface area contributed by atoms with E-state index in [0.717, 1.165) is 42.2 Å². The first-order valence-corrected chi connectivity index (χ1v) is 11.6. The molecule has 3 heterocycles. The van der Waals surface area contributed by atoms with E-state index in [1.54, 1.807) is 16.2 Å². The number of aromatic nitrogens is 3. The zero-order chi connectivity index (χ0) is 21.8. The fourth-order valence-electron chi connectivity index (χ4n) is 3.99. The van der Waals surface area contributed by atoms with E-state index in [4.69, 9.17) is 4.98 Å². The minimum atomic E-state index is -0.308. The molecule has 1 aliphatic heterocycles. The fraction of sp³-hybridized carbons (Fsp3) is 0.391. The van der Waals surface area contributed by atoms with Crippen LogP contribution in [-0.4, -0.2) is 52.2 Å². The molecule has 0 aliphatic carbocycles. The topological polar surface area (TPSA) is 82.2 Å². The summed E-state index contributed by atoms with van der Waals surface area (Å²) in [6.45, 7) is 7.65. The van der Waals surface area contributed by atoms with E-state index in [2.05, 4.69) is 58.6 Å². The summed E-state index contributed by atoms with van der Waals surface area (Å²) in [5.74, 6) is 0.226. The van der Waals surface area contributed by atoms with Crippen molar-refractivity contribution in [2.24, 2.45) is 0 Å². The summed E-state index contributed by atoms with van der Waals surface area (Å²) in [6, 6.07) is 11.4. The van der Waals surface area contributed by atoms with E-state index in [-0.39, 0.29) is 17.2 Å². The molecule has 3 aromatic rings. The maximum atomic E-state index is 12.6. The minimum absolute atomic E-state index is 0.136. The Morgan fingerprint density at radius 1 is 1.13 bits per heavy atom. The van der Waals surface area contributed by atoms with Gasteiger partial charge in [-0.3, -0.25) is 9.59 Å². The molecule has 4 rings (SSSR count). The molecule has 1 fully saturated rings. The third-order valence-corrected chi connectivity index (χ3v) is 6.85. The number of rotatable bonds is 6. The SMILES string of the molecule is CCN(CC)c1ccc(-c2csc(C3CCN(C(=O)c4ccc(=O)[nH]n4)CC3)n2)cc1. The van der Waals surface area contributed by atoms with Crippen LogP contribution in [0.25, 0.3) is 11.3 Å². The van der Waals surface area contributed by atoms with Crippen LogP contribution in [0.5, 0.6) is 0 Å². The van der Waals surface area contributed by atoms with Crippen molar-refractivity contribution < 1.29 is 4.79 Å². The smallest absolute Gasteiger partial charge is 0.274 e. The number of likely N-dealkylation sites (tertiary alicyclic amines) is 1. The first-order chi connectivity index (χ1) is 15.1. The van der Waals surface area contributed by atoms with Gasteiger partial charge >= 0.3 is 0 Å². The van der Waals surface area contributed by atoms with Gasteiger partial charge in [0.25, 0.3) is 11.5 Å². The molecule has 31 heavy (non-hydrogen) atoms. The molecule has 0 atom stereocenters. The second-order valence-electron chi connectivity index (χ2n) is 7.66. The molecule has 0 bridgehead atoms. The van der Waals surface area contributed by atoms with Gasteiger partial charge in [-0.05, 0) is 44.9 Å². The van der Waals surface area contributed by atoms with E-state index < -0.39 is 0 Å². The Morgan fingerprint density at radius 2 is 1.84 bits per heavy atom. The van der Waals surface area contributed by atoms with Gasteiger partial charge in [-0.1, -0.05) is 12.1 Å². The summed E-state index contributed by atoms with van der Waals surface area (Å²) in [5.41, 5.74) is 3.36. The summed E-state index contributed by atoms with van der Waals surface area (Å²) in [4.78, 5) is 32.8. The minimum Gasteiger partial charge on any atom is -0.372 e. The Morgan fingerprint density at radius 3 is 2.45 bits per heavy atom.